The highest BCUT2D eigenvalue weighted by molar-refractivity contribution is 8.00. The van der Waals surface area contributed by atoms with E-state index in [0.29, 0.717) is 4.75 Å². The molecule has 1 aliphatic rings. The predicted molar refractivity (Wildman–Crippen MR) is 91.8 cm³/mol. The summed E-state index contributed by atoms with van der Waals surface area (Å²) in [6, 6.07) is 0. The van der Waals surface area contributed by atoms with Crippen molar-refractivity contribution in [2.75, 3.05) is 39.5 Å². The first kappa shape index (κ1) is 17.6. The first-order valence-corrected chi connectivity index (χ1v) is 8.61. The third-order valence-electron chi connectivity index (χ3n) is 4.11. The van der Waals surface area contributed by atoms with Gasteiger partial charge in [0.25, 0.3) is 0 Å². The standard InChI is InChI=1S/C15H32N4S/c1-7-16-13(17-11-14(2,3)19(5)6)18-12-15(4)9-8-10-20-15/h7-12H2,1-6H3,(H2,16,17,18). The number of rotatable bonds is 6. The Labute approximate surface area is 129 Å². The number of nitrogens with zero attached hydrogens (tertiary/aromatic N) is 2. The summed E-state index contributed by atoms with van der Waals surface area (Å²) in [5.41, 5.74) is 0.0777. The van der Waals surface area contributed by atoms with Crippen molar-refractivity contribution in [3.63, 3.8) is 0 Å². The quantitative estimate of drug-likeness (QED) is 0.582. The van der Waals surface area contributed by atoms with Gasteiger partial charge in [0.2, 0.25) is 0 Å². The Morgan fingerprint density at radius 3 is 2.55 bits per heavy atom. The molecule has 0 amide bonds. The van der Waals surface area contributed by atoms with Crippen LogP contribution in [-0.2, 0) is 0 Å². The molecule has 1 unspecified atom stereocenters. The second-order valence-electron chi connectivity index (χ2n) is 6.66. The molecule has 4 nitrogen and oxygen atoms in total. The number of hydrogen-bond acceptors (Lipinski definition) is 3. The van der Waals surface area contributed by atoms with Crippen molar-refractivity contribution in [1.29, 1.82) is 0 Å². The Hall–Kier alpha value is -0.420. The minimum absolute atomic E-state index is 0.0777. The monoisotopic (exact) mass is 300 g/mol. The zero-order valence-corrected chi connectivity index (χ0v) is 14.9. The Morgan fingerprint density at radius 2 is 2.05 bits per heavy atom. The molecule has 1 rings (SSSR count). The lowest BCUT2D eigenvalue weighted by Crippen LogP contribution is -2.46. The lowest BCUT2D eigenvalue weighted by molar-refractivity contribution is 0.204. The van der Waals surface area contributed by atoms with Crippen molar-refractivity contribution < 1.29 is 0 Å². The predicted octanol–water partition coefficient (Wildman–Crippen LogP) is 2.17. The van der Waals surface area contributed by atoms with Gasteiger partial charge in [-0.2, -0.15) is 11.8 Å². The van der Waals surface area contributed by atoms with Gasteiger partial charge in [-0.3, -0.25) is 4.99 Å². The van der Waals surface area contributed by atoms with Crippen LogP contribution < -0.4 is 10.6 Å². The van der Waals surface area contributed by atoms with E-state index in [0.717, 1.165) is 25.6 Å². The minimum atomic E-state index is 0.0777. The van der Waals surface area contributed by atoms with Crippen LogP contribution >= 0.6 is 11.8 Å². The van der Waals surface area contributed by atoms with Crippen LogP contribution in [0.4, 0.5) is 0 Å². The number of guanidine groups is 1. The second kappa shape index (κ2) is 7.55. The van der Waals surface area contributed by atoms with Crippen LogP contribution in [0.1, 0.15) is 40.5 Å². The van der Waals surface area contributed by atoms with Gasteiger partial charge in [-0.1, -0.05) is 0 Å². The van der Waals surface area contributed by atoms with E-state index in [1.807, 2.05) is 0 Å². The van der Waals surface area contributed by atoms with Gasteiger partial charge in [0.05, 0.1) is 6.54 Å². The van der Waals surface area contributed by atoms with Crippen LogP contribution in [-0.4, -0.2) is 60.6 Å². The molecule has 20 heavy (non-hydrogen) atoms. The smallest absolute Gasteiger partial charge is 0.191 e. The number of nitrogens with one attached hydrogen (secondary N) is 2. The van der Waals surface area contributed by atoms with E-state index in [2.05, 4.69) is 69.1 Å². The Morgan fingerprint density at radius 1 is 1.35 bits per heavy atom. The number of likely N-dealkylation sites (N-methyl/N-ethyl adjacent to an activating group) is 1. The van der Waals surface area contributed by atoms with Gasteiger partial charge >= 0.3 is 0 Å². The lowest BCUT2D eigenvalue weighted by atomic mass is 10.1. The third kappa shape index (κ3) is 5.52. The van der Waals surface area contributed by atoms with Crippen LogP contribution in [0, 0.1) is 0 Å². The molecule has 1 atom stereocenters. The van der Waals surface area contributed by atoms with Gasteiger partial charge in [0.15, 0.2) is 5.96 Å². The van der Waals surface area contributed by atoms with Gasteiger partial charge in [0, 0.05) is 23.4 Å². The molecule has 0 aromatic rings. The molecular formula is C15H32N4S. The van der Waals surface area contributed by atoms with Crippen molar-refractivity contribution in [1.82, 2.24) is 15.5 Å². The van der Waals surface area contributed by atoms with Crippen LogP contribution in [0.15, 0.2) is 4.99 Å². The Balaban J connectivity index is 2.55. The molecular weight excluding hydrogens is 268 g/mol. The summed E-state index contributed by atoms with van der Waals surface area (Å²) in [5.74, 6) is 2.23. The highest BCUT2D eigenvalue weighted by Crippen LogP contribution is 2.36. The minimum Gasteiger partial charge on any atom is -0.357 e. The molecule has 1 aliphatic heterocycles. The molecule has 5 heteroatoms. The average Bonchev–Trinajstić information content (AvgIpc) is 2.80. The van der Waals surface area contributed by atoms with Gasteiger partial charge in [-0.15, -0.1) is 0 Å². The van der Waals surface area contributed by atoms with Gasteiger partial charge in [-0.25, -0.2) is 0 Å². The van der Waals surface area contributed by atoms with Crippen molar-refractivity contribution in [2.45, 2.75) is 50.8 Å². The molecule has 0 aliphatic carbocycles. The third-order valence-corrected chi connectivity index (χ3v) is 5.65. The van der Waals surface area contributed by atoms with E-state index >= 15 is 0 Å². The molecule has 118 valence electrons. The summed E-state index contributed by atoms with van der Waals surface area (Å²) in [7, 11) is 4.21. The maximum Gasteiger partial charge on any atom is 0.191 e. The van der Waals surface area contributed by atoms with Crippen molar-refractivity contribution in [2.24, 2.45) is 4.99 Å². The van der Waals surface area contributed by atoms with E-state index in [1.54, 1.807) is 0 Å². The molecule has 1 fully saturated rings. The average molecular weight is 301 g/mol. The van der Waals surface area contributed by atoms with E-state index in [4.69, 9.17) is 4.99 Å². The molecule has 1 heterocycles. The van der Waals surface area contributed by atoms with Gasteiger partial charge in [0.1, 0.15) is 0 Å². The zero-order valence-electron chi connectivity index (χ0n) is 14.0. The summed E-state index contributed by atoms with van der Waals surface area (Å²) in [5, 5.41) is 6.86. The molecule has 0 aromatic heterocycles. The first-order chi connectivity index (χ1) is 9.29. The number of thioether (sulfide) groups is 1. The zero-order chi connectivity index (χ0) is 15.2. The van der Waals surface area contributed by atoms with E-state index in [-0.39, 0.29) is 5.54 Å². The lowest BCUT2D eigenvalue weighted by Gasteiger charge is -2.31. The van der Waals surface area contributed by atoms with Gasteiger partial charge in [-0.05, 0) is 60.4 Å². The fourth-order valence-corrected chi connectivity index (χ4v) is 3.25. The number of hydrogen-bond donors (Lipinski definition) is 2. The Bertz CT molecular complexity index is 320. The maximum absolute atomic E-state index is 4.74. The van der Waals surface area contributed by atoms with Crippen LogP contribution in [0.2, 0.25) is 0 Å². The summed E-state index contributed by atoms with van der Waals surface area (Å²) >= 11 is 2.08. The van der Waals surface area contributed by atoms with Crippen molar-refractivity contribution in [3.8, 4) is 0 Å². The fourth-order valence-electron chi connectivity index (χ4n) is 2.00. The summed E-state index contributed by atoms with van der Waals surface area (Å²) in [6.45, 7) is 11.6. The second-order valence-corrected chi connectivity index (χ2v) is 8.34. The molecule has 1 saturated heterocycles. The highest BCUT2D eigenvalue weighted by Gasteiger charge is 2.29. The summed E-state index contributed by atoms with van der Waals surface area (Å²) in [6.07, 6.45) is 2.64. The molecule has 0 radical (unpaired) electrons. The summed E-state index contributed by atoms with van der Waals surface area (Å²) < 4.78 is 0.368. The first-order valence-electron chi connectivity index (χ1n) is 7.63. The van der Waals surface area contributed by atoms with Gasteiger partial charge < -0.3 is 15.5 Å². The highest BCUT2D eigenvalue weighted by atomic mass is 32.2. The maximum atomic E-state index is 4.74. The molecule has 0 bridgehead atoms. The normalized spacial score (nSPS) is 24.2. The Kier molecular flexibility index (Phi) is 6.65. The molecule has 0 aromatic carbocycles. The van der Waals surface area contributed by atoms with E-state index in [9.17, 15) is 0 Å². The topological polar surface area (TPSA) is 39.7 Å². The summed E-state index contributed by atoms with van der Waals surface area (Å²) in [4.78, 5) is 6.96. The molecule has 0 saturated carbocycles. The fraction of sp³-hybridized carbons (Fsp3) is 0.933. The SMILES string of the molecule is CCNC(=NCC(C)(C)N(C)C)NCC1(C)CCCS1. The van der Waals surface area contributed by atoms with E-state index < -0.39 is 0 Å². The van der Waals surface area contributed by atoms with Crippen LogP contribution in [0.5, 0.6) is 0 Å². The van der Waals surface area contributed by atoms with Crippen molar-refractivity contribution >= 4 is 17.7 Å². The largest absolute Gasteiger partial charge is 0.357 e. The molecule has 0 spiro atoms. The van der Waals surface area contributed by atoms with Crippen LogP contribution in [0.25, 0.3) is 0 Å². The van der Waals surface area contributed by atoms with E-state index in [1.165, 1.54) is 18.6 Å². The van der Waals surface area contributed by atoms with Crippen LogP contribution in [0.3, 0.4) is 0 Å². The number of aliphatic imine (C=N–C) groups is 1. The molecule has 2 N–H and O–H groups in total. The van der Waals surface area contributed by atoms with Crippen molar-refractivity contribution in [3.05, 3.63) is 0 Å².